The Morgan fingerprint density at radius 1 is 1.35 bits per heavy atom. The molecule has 2 amide bonds. The lowest BCUT2D eigenvalue weighted by molar-refractivity contribution is -0.149. The zero-order chi connectivity index (χ0) is 18.1. The van der Waals surface area contributed by atoms with E-state index in [9.17, 15) is 14.7 Å². The molecular weight excluding hydrogens is 350 g/mol. The van der Waals surface area contributed by atoms with Gasteiger partial charge in [-0.1, -0.05) is 36.8 Å². The second kappa shape index (κ2) is 6.72. The minimum atomic E-state index is -0.769. The number of urea groups is 1. The number of aromatic nitrogens is 1. The summed E-state index contributed by atoms with van der Waals surface area (Å²) < 4.78 is 0. The Morgan fingerprint density at radius 2 is 2.15 bits per heavy atom. The first-order chi connectivity index (χ1) is 12.6. The number of rotatable bonds is 4. The number of amides is 2. The van der Waals surface area contributed by atoms with Gasteiger partial charge in [-0.05, 0) is 24.3 Å². The Labute approximate surface area is 155 Å². The molecule has 2 fully saturated rings. The van der Waals surface area contributed by atoms with Crippen molar-refractivity contribution in [1.82, 2.24) is 9.88 Å². The van der Waals surface area contributed by atoms with Crippen LogP contribution in [0.3, 0.4) is 0 Å². The molecule has 4 rings (SSSR count). The maximum Gasteiger partial charge on any atom is 0.323 e. The highest BCUT2D eigenvalue weighted by Gasteiger charge is 2.55. The summed E-state index contributed by atoms with van der Waals surface area (Å²) in [6.45, 7) is 0.807. The van der Waals surface area contributed by atoms with E-state index in [1.807, 2.05) is 18.2 Å². The Kier molecular flexibility index (Phi) is 4.40. The lowest BCUT2D eigenvalue weighted by Crippen LogP contribution is -2.38. The molecule has 7 heteroatoms. The maximum atomic E-state index is 12.6. The topological polar surface area (TPSA) is 82.5 Å². The number of carboxylic acid groups (broad SMARTS) is 1. The maximum absolute atomic E-state index is 12.6. The first-order valence-corrected chi connectivity index (χ1v) is 9.66. The number of likely N-dealkylation sites (tertiary alicyclic amines) is 1. The van der Waals surface area contributed by atoms with Gasteiger partial charge in [0.1, 0.15) is 0 Å². The van der Waals surface area contributed by atoms with E-state index in [1.54, 1.807) is 11.1 Å². The Hall–Kier alpha value is -2.41. The number of benzene rings is 1. The summed E-state index contributed by atoms with van der Waals surface area (Å²) in [5.41, 5.74) is 0.448. The van der Waals surface area contributed by atoms with Crippen LogP contribution < -0.4 is 5.32 Å². The van der Waals surface area contributed by atoms with Crippen LogP contribution in [0.2, 0.25) is 0 Å². The number of anilines is 1. The smallest absolute Gasteiger partial charge is 0.323 e. The number of hydrogen-bond acceptors (Lipinski definition) is 4. The lowest BCUT2D eigenvalue weighted by Gasteiger charge is -2.23. The molecule has 0 bridgehead atoms. The third kappa shape index (κ3) is 3.07. The molecule has 2 aromatic rings. The van der Waals surface area contributed by atoms with E-state index in [2.05, 4.69) is 22.4 Å². The van der Waals surface area contributed by atoms with Crippen LogP contribution in [0.15, 0.2) is 36.5 Å². The van der Waals surface area contributed by atoms with Crippen molar-refractivity contribution in [2.75, 3.05) is 18.4 Å². The Morgan fingerprint density at radius 3 is 2.88 bits per heavy atom. The molecule has 0 unspecified atom stereocenters. The molecule has 1 saturated carbocycles. The minimum Gasteiger partial charge on any atom is -0.481 e. The number of carbonyl (C=O) groups excluding carboxylic acids is 1. The Bertz CT molecular complexity index is 822. The summed E-state index contributed by atoms with van der Waals surface area (Å²) in [5, 5.41) is 13.0. The number of aliphatic carboxylic acids is 1. The van der Waals surface area contributed by atoms with Crippen LogP contribution in [-0.4, -0.2) is 40.1 Å². The van der Waals surface area contributed by atoms with Crippen molar-refractivity contribution in [3.63, 3.8) is 0 Å². The van der Waals surface area contributed by atoms with E-state index in [1.165, 1.54) is 16.9 Å². The highest BCUT2D eigenvalue weighted by Crippen LogP contribution is 2.48. The van der Waals surface area contributed by atoms with Crippen LogP contribution in [0, 0.1) is 11.3 Å². The van der Waals surface area contributed by atoms with Gasteiger partial charge in [0.2, 0.25) is 0 Å². The summed E-state index contributed by atoms with van der Waals surface area (Å²) in [5.74, 6) is -0.703. The van der Waals surface area contributed by atoms with E-state index in [0.29, 0.717) is 24.6 Å². The zero-order valence-electron chi connectivity index (χ0n) is 14.4. The normalized spacial score (nSPS) is 24.5. The van der Waals surface area contributed by atoms with Gasteiger partial charge in [0.15, 0.2) is 5.13 Å². The lowest BCUT2D eigenvalue weighted by atomic mass is 9.81. The van der Waals surface area contributed by atoms with Gasteiger partial charge < -0.3 is 10.0 Å². The van der Waals surface area contributed by atoms with Gasteiger partial charge in [0, 0.05) is 30.6 Å². The molecule has 1 aromatic carbocycles. The predicted octanol–water partition coefficient (Wildman–Crippen LogP) is 3.45. The molecule has 1 saturated heterocycles. The molecule has 1 aliphatic heterocycles. The average Bonchev–Trinajstić information content (AvgIpc) is 3.30. The highest BCUT2D eigenvalue weighted by atomic mass is 32.1. The summed E-state index contributed by atoms with van der Waals surface area (Å²) in [4.78, 5) is 31.3. The SMILES string of the molecule is O=C(Nc1ncc(Cc2ccccc2)s1)N1C[C@@H]2CCC[C@@]2(C(=O)O)C1. The van der Waals surface area contributed by atoms with Crippen molar-refractivity contribution < 1.29 is 14.7 Å². The van der Waals surface area contributed by atoms with E-state index in [4.69, 9.17) is 0 Å². The number of carboxylic acids is 1. The van der Waals surface area contributed by atoms with Gasteiger partial charge in [0.25, 0.3) is 0 Å². The number of nitrogens with zero attached hydrogens (tertiary/aromatic N) is 2. The standard InChI is InChI=1S/C19H21N3O3S/c23-16(24)19-8-4-7-14(19)11-22(12-19)18(25)21-17-20-10-15(26-17)9-13-5-2-1-3-6-13/h1-3,5-6,10,14H,4,7-9,11-12H2,(H,23,24)(H,20,21,25)/t14-,19+/m0/s1. The second-order valence-corrected chi connectivity index (χ2v) is 8.27. The van der Waals surface area contributed by atoms with Crippen molar-refractivity contribution in [1.29, 1.82) is 0 Å². The molecular formula is C19H21N3O3S. The van der Waals surface area contributed by atoms with E-state index in [-0.39, 0.29) is 11.9 Å². The van der Waals surface area contributed by atoms with E-state index < -0.39 is 11.4 Å². The molecule has 0 spiro atoms. The monoisotopic (exact) mass is 371 g/mol. The molecule has 2 N–H and O–H groups in total. The average molecular weight is 371 g/mol. The second-order valence-electron chi connectivity index (χ2n) is 7.16. The quantitative estimate of drug-likeness (QED) is 0.862. The van der Waals surface area contributed by atoms with Gasteiger partial charge in [-0.3, -0.25) is 10.1 Å². The van der Waals surface area contributed by atoms with Crippen molar-refractivity contribution in [3.05, 3.63) is 47.0 Å². The van der Waals surface area contributed by atoms with Gasteiger partial charge in [-0.15, -0.1) is 11.3 Å². The highest BCUT2D eigenvalue weighted by molar-refractivity contribution is 7.15. The fraction of sp³-hybridized carbons (Fsp3) is 0.421. The van der Waals surface area contributed by atoms with Crippen LogP contribution in [0.25, 0.3) is 0 Å². The van der Waals surface area contributed by atoms with Crippen molar-refractivity contribution in [2.24, 2.45) is 11.3 Å². The zero-order valence-corrected chi connectivity index (χ0v) is 15.2. The molecule has 1 aliphatic carbocycles. The molecule has 2 heterocycles. The first-order valence-electron chi connectivity index (χ1n) is 8.85. The van der Waals surface area contributed by atoms with Gasteiger partial charge in [-0.2, -0.15) is 0 Å². The molecule has 2 atom stereocenters. The van der Waals surface area contributed by atoms with Crippen molar-refractivity contribution in [2.45, 2.75) is 25.7 Å². The molecule has 26 heavy (non-hydrogen) atoms. The van der Waals surface area contributed by atoms with Crippen molar-refractivity contribution in [3.8, 4) is 0 Å². The van der Waals surface area contributed by atoms with Crippen LogP contribution >= 0.6 is 11.3 Å². The molecule has 1 aromatic heterocycles. The molecule has 2 aliphatic rings. The predicted molar refractivity (Wildman–Crippen MR) is 99.4 cm³/mol. The summed E-state index contributed by atoms with van der Waals surface area (Å²) in [7, 11) is 0. The van der Waals surface area contributed by atoms with Gasteiger partial charge in [0.05, 0.1) is 5.41 Å². The third-order valence-corrected chi connectivity index (χ3v) is 6.49. The van der Waals surface area contributed by atoms with Gasteiger partial charge in [-0.25, -0.2) is 9.78 Å². The van der Waals surface area contributed by atoms with Crippen LogP contribution in [0.1, 0.15) is 29.7 Å². The largest absolute Gasteiger partial charge is 0.481 e. The fourth-order valence-electron chi connectivity index (χ4n) is 4.21. The van der Waals surface area contributed by atoms with E-state index >= 15 is 0 Å². The van der Waals surface area contributed by atoms with Crippen LogP contribution in [-0.2, 0) is 11.2 Å². The van der Waals surface area contributed by atoms with Crippen LogP contribution in [0.4, 0.5) is 9.93 Å². The number of nitrogens with one attached hydrogen (secondary N) is 1. The molecule has 6 nitrogen and oxygen atoms in total. The number of carbonyl (C=O) groups is 2. The minimum absolute atomic E-state index is 0.0655. The fourth-order valence-corrected chi connectivity index (χ4v) is 5.04. The third-order valence-electron chi connectivity index (χ3n) is 5.57. The first kappa shape index (κ1) is 17.0. The molecule has 0 radical (unpaired) electrons. The van der Waals surface area contributed by atoms with E-state index in [0.717, 1.165) is 24.1 Å². The summed E-state index contributed by atoms with van der Waals surface area (Å²) in [6, 6.07) is 9.86. The van der Waals surface area contributed by atoms with Gasteiger partial charge >= 0.3 is 12.0 Å². The molecule has 136 valence electrons. The summed E-state index contributed by atoms with van der Waals surface area (Å²) >= 11 is 1.46. The number of hydrogen-bond donors (Lipinski definition) is 2. The van der Waals surface area contributed by atoms with Crippen LogP contribution in [0.5, 0.6) is 0 Å². The van der Waals surface area contributed by atoms with Crippen molar-refractivity contribution >= 4 is 28.5 Å². The summed E-state index contributed by atoms with van der Waals surface area (Å²) in [6.07, 6.45) is 5.04. The number of fused-ring (bicyclic) bond motifs is 1. The number of thiazole rings is 1. The Balaban J connectivity index is 1.39.